The molecule has 10 heteroatoms. The molecule has 0 radical (unpaired) electrons. The highest BCUT2D eigenvalue weighted by Gasteiger charge is 2.21. The Kier molecular flexibility index (Phi) is 7.76. The number of hydrogen-bond acceptors (Lipinski definition) is 7. The van der Waals surface area contributed by atoms with Crippen molar-refractivity contribution in [1.82, 2.24) is 0 Å². The fourth-order valence-electron chi connectivity index (χ4n) is 2.51. The van der Waals surface area contributed by atoms with Crippen molar-refractivity contribution < 1.29 is 18.1 Å². The van der Waals surface area contributed by atoms with E-state index >= 15 is 0 Å². The van der Waals surface area contributed by atoms with E-state index in [1.165, 1.54) is 31.4 Å². The number of nitrogens with zero attached hydrogens (tertiary/aromatic N) is 2. The Morgan fingerprint density at radius 2 is 1.87 bits per heavy atom. The molecule has 0 fully saturated rings. The first-order valence-corrected chi connectivity index (χ1v) is 10.8. The predicted octanol–water partition coefficient (Wildman–Crippen LogP) is 4.63. The molecule has 0 aromatic heterocycles. The summed E-state index contributed by atoms with van der Waals surface area (Å²) in [5, 5.41) is 15.6. The van der Waals surface area contributed by atoms with E-state index in [4.69, 9.17) is 4.74 Å². The molecule has 2 aromatic carbocycles. The Labute approximate surface area is 176 Å². The first-order valence-electron chi connectivity index (χ1n) is 9.37. The summed E-state index contributed by atoms with van der Waals surface area (Å²) in [6.45, 7) is 6.04. The van der Waals surface area contributed by atoms with Crippen molar-refractivity contribution in [2.75, 3.05) is 17.3 Å². The molecular weight excluding hydrogens is 408 g/mol. The van der Waals surface area contributed by atoms with Crippen molar-refractivity contribution in [3.05, 3.63) is 52.6 Å². The molecule has 0 aliphatic heterocycles. The van der Waals surface area contributed by atoms with Gasteiger partial charge in [0, 0.05) is 17.5 Å². The Bertz CT molecular complexity index is 1020. The molecule has 0 bridgehead atoms. The third-order valence-corrected chi connectivity index (χ3v) is 5.65. The van der Waals surface area contributed by atoms with Gasteiger partial charge in [0.05, 0.1) is 16.9 Å². The van der Waals surface area contributed by atoms with Crippen LogP contribution in [0, 0.1) is 16.0 Å². The summed E-state index contributed by atoms with van der Waals surface area (Å²) in [5.41, 5.74) is 3.53. The first-order chi connectivity index (χ1) is 14.1. The van der Waals surface area contributed by atoms with Gasteiger partial charge < -0.3 is 4.74 Å². The molecule has 0 aliphatic rings. The third-order valence-electron chi connectivity index (χ3n) is 4.27. The van der Waals surface area contributed by atoms with Crippen molar-refractivity contribution in [3.63, 3.8) is 0 Å². The van der Waals surface area contributed by atoms with Crippen LogP contribution in [0.25, 0.3) is 0 Å². The van der Waals surface area contributed by atoms with Gasteiger partial charge >= 0.3 is 0 Å². The summed E-state index contributed by atoms with van der Waals surface area (Å²) in [5.74, 6) is 1.10. The maximum absolute atomic E-state index is 12.6. The SMILES string of the molecule is COc1ccc(NS(=O)(=O)c2ccc(N/N=C(\C)CCC(C)C)c([N+](=O)[O-])c2)cc1. The lowest BCUT2D eigenvalue weighted by Gasteiger charge is -2.10. The van der Waals surface area contributed by atoms with E-state index in [0.717, 1.165) is 24.6 Å². The second-order valence-electron chi connectivity index (χ2n) is 7.16. The quantitative estimate of drug-likeness (QED) is 0.319. The molecule has 0 spiro atoms. The Morgan fingerprint density at radius 3 is 2.43 bits per heavy atom. The average Bonchev–Trinajstić information content (AvgIpc) is 2.70. The van der Waals surface area contributed by atoms with E-state index in [1.54, 1.807) is 12.1 Å². The second-order valence-corrected chi connectivity index (χ2v) is 8.84. The molecule has 2 aromatic rings. The molecule has 2 N–H and O–H groups in total. The smallest absolute Gasteiger partial charge is 0.295 e. The highest BCUT2D eigenvalue weighted by Crippen LogP contribution is 2.29. The van der Waals surface area contributed by atoms with Gasteiger partial charge in [-0.2, -0.15) is 5.10 Å². The number of nitro groups is 1. The van der Waals surface area contributed by atoms with Crippen LogP contribution in [0.5, 0.6) is 5.75 Å². The molecule has 0 heterocycles. The number of ether oxygens (including phenoxy) is 1. The largest absolute Gasteiger partial charge is 0.497 e. The average molecular weight is 435 g/mol. The van der Waals surface area contributed by atoms with Crippen LogP contribution < -0.4 is 14.9 Å². The number of sulfonamides is 1. The van der Waals surface area contributed by atoms with Crippen LogP contribution in [0.2, 0.25) is 0 Å². The van der Waals surface area contributed by atoms with Crippen LogP contribution in [0.3, 0.4) is 0 Å². The molecule has 2 rings (SSSR count). The monoisotopic (exact) mass is 434 g/mol. The molecule has 0 atom stereocenters. The summed E-state index contributed by atoms with van der Waals surface area (Å²) < 4.78 is 32.7. The molecule has 30 heavy (non-hydrogen) atoms. The van der Waals surface area contributed by atoms with Gasteiger partial charge in [-0.3, -0.25) is 20.3 Å². The van der Waals surface area contributed by atoms with E-state index in [2.05, 4.69) is 29.1 Å². The maximum atomic E-state index is 12.6. The number of benzene rings is 2. The maximum Gasteiger partial charge on any atom is 0.295 e. The van der Waals surface area contributed by atoms with Gasteiger partial charge in [0.15, 0.2) is 0 Å². The topological polar surface area (TPSA) is 123 Å². The van der Waals surface area contributed by atoms with E-state index < -0.39 is 14.9 Å². The van der Waals surface area contributed by atoms with Crippen LogP contribution in [-0.2, 0) is 10.0 Å². The van der Waals surface area contributed by atoms with Crippen LogP contribution >= 0.6 is 0 Å². The van der Waals surface area contributed by atoms with Gasteiger partial charge in [-0.25, -0.2) is 8.42 Å². The number of methoxy groups -OCH3 is 1. The van der Waals surface area contributed by atoms with Gasteiger partial charge in [-0.15, -0.1) is 0 Å². The van der Waals surface area contributed by atoms with Crippen molar-refractivity contribution in [2.24, 2.45) is 11.0 Å². The van der Waals surface area contributed by atoms with Gasteiger partial charge in [0.1, 0.15) is 11.4 Å². The molecule has 0 saturated carbocycles. The minimum Gasteiger partial charge on any atom is -0.497 e. The Morgan fingerprint density at radius 1 is 1.20 bits per heavy atom. The zero-order chi connectivity index (χ0) is 22.3. The molecule has 0 aliphatic carbocycles. The molecule has 0 unspecified atom stereocenters. The second kappa shape index (κ2) is 10.1. The lowest BCUT2D eigenvalue weighted by atomic mass is 10.1. The third kappa shape index (κ3) is 6.45. The summed E-state index contributed by atoms with van der Waals surface area (Å²) in [6, 6.07) is 9.91. The molecule has 9 nitrogen and oxygen atoms in total. The Balaban J connectivity index is 2.24. The molecule has 0 amide bonds. The number of rotatable bonds is 10. The van der Waals surface area contributed by atoms with E-state index in [1.807, 2.05) is 6.92 Å². The predicted molar refractivity (Wildman–Crippen MR) is 118 cm³/mol. The normalized spacial score (nSPS) is 12.0. The number of nitro benzene ring substituents is 1. The van der Waals surface area contributed by atoms with Crippen LogP contribution in [0.1, 0.15) is 33.6 Å². The van der Waals surface area contributed by atoms with Crippen molar-refractivity contribution in [3.8, 4) is 5.75 Å². The van der Waals surface area contributed by atoms with E-state index in [9.17, 15) is 18.5 Å². The Hall–Kier alpha value is -3.14. The number of anilines is 2. The lowest BCUT2D eigenvalue weighted by molar-refractivity contribution is -0.384. The van der Waals surface area contributed by atoms with Crippen LogP contribution in [0.15, 0.2) is 52.5 Å². The lowest BCUT2D eigenvalue weighted by Crippen LogP contribution is -2.13. The summed E-state index contributed by atoms with van der Waals surface area (Å²) in [6.07, 6.45) is 1.71. The summed E-state index contributed by atoms with van der Waals surface area (Å²) in [7, 11) is -2.51. The standard InChI is InChI=1S/C20H26N4O5S/c1-14(2)5-6-15(3)21-22-19-12-11-18(13-20(19)24(25)26)30(27,28)23-16-7-9-17(29-4)10-8-16/h7-14,22-23H,5-6H2,1-4H3/b21-15+. The molecule has 162 valence electrons. The summed E-state index contributed by atoms with van der Waals surface area (Å²) >= 11 is 0. The van der Waals surface area contributed by atoms with Gasteiger partial charge in [-0.05, 0) is 62.1 Å². The zero-order valence-corrected chi connectivity index (χ0v) is 18.2. The number of hydrogen-bond donors (Lipinski definition) is 2. The first kappa shape index (κ1) is 23.1. The zero-order valence-electron chi connectivity index (χ0n) is 17.4. The van der Waals surface area contributed by atoms with Gasteiger partial charge in [-0.1, -0.05) is 13.8 Å². The fourth-order valence-corrected chi connectivity index (χ4v) is 3.58. The molecular formula is C20H26N4O5S. The highest BCUT2D eigenvalue weighted by atomic mass is 32.2. The minimum absolute atomic E-state index is 0.118. The number of hydrazone groups is 1. The highest BCUT2D eigenvalue weighted by molar-refractivity contribution is 7.92. The van der Waals surface area contributed by atoms with Crippen molar-refractivity contribution >= 4 is 32.8 Å². The van der Waals surface area contributed by atoms with Crippen molar-refractivity contribution in [2.45, 2.75) is 38.5 Å². The molecule has 0 saturated heterocycles. The van der Waals surface area contributed by atoms with E-state index in [0.29, 0.717) is 17.4 Å². The van der Waals surface area contributed by atoms with Gasteiger partial charge in [0.25, 0.3) is 15.7 Å². The number of nitrogens with one attached hydrogen (secondary N) is 2. The van der Waals surface area contributed by atoms with Gasteiger partial charge in [0.2, 0.25) is 0 Å². The van der Waals surface area contributed by atoms with Crippen LogP contribution in [-0.4, -0.2) is 26.2 Å². The van der Waals surface area contributed by atoms with Crippen LogP contribution in [0.4, 0.5) is 17.1 Å². The minimum atomic E-state index is -4.01. The van der Waals surface area contributed by atoms with Crippen molar-refractivity contribution in [1.29, 1.82) is 0 Å². The van der Waals surface area contributed by atoms with E-state index in [-0.39, 0.29) is 16.3 Å². The fraction of sp³-hybridized carbons (Fsp3) is 0.350. The summed E-state index contributed by atoms with van der Waals surface area (Å²) in [4.78, 5) is 10.6.